The molecular formula is C51H90BN3O3. The minimum atomic E-state index is -2.92. The Bertz CT molecular complexity index is 1510. The Balaban J connectivity index is 0.000000801. The molecule has 58 heavy (non-hydrogen) atoms. The van der Waals surface area contributed by atoms with Crippen molar-refractivity contribution in [3.8, 4) is 0 Å². The fraction of sp³-hybridized carbons (Fsp3) is 0.647. The Morgan fingerprint density at radius 1 is 0.345 bits per heavy atom. The summed E-state index contributed by atoms with van der Waals surface area (Å²) in [4.78, 5) is 0. The van der Waals surface area contributed by atoms with E-state index in [0.717, 1.165) is 90.9 Å². The third-order valence-electron chi connectivity index (χ3n) is 13.3. The Hall–Kier alpha value is -2.52. The lowest BCUT2D eigenvalue weighted by molar-refractivity contribution is -0.479. The Morgan fingerprint density at radius 2 is 0.517 bits per heavy atom. The lowest BCUT2D eigenvalue weighted by Crippen LogP contribution is -2.56. The lowest BCUT2D eigenvalue weighted by Gasteiger charge is -2.35. The van der Waals surface area contributed by atoms with E-state index >= 15 is 0 Å². The van der Waals surface area contributed by atoms with Gasteiger partial charge in [0.05, 0.1) is 61.9 Å². The molecule has 0 aliphatic carbocycles. The first-order valence-electron chi connectivity index (χ1n) is 22.9. The molecule has 3 rings (SSSR count). The first kappa shape index (κ1) is 55.5. The minimum Gasteiger partial charge on any atom is -0.907 e. The van der Waals surface area contributed by atoms with Gasteiger partial charge in [0, 0.05) is 34.9 Å². The number of hydrogen-bond acceptors (Lipinski definition) is 3. The SMILES string of the molecule is CCc1cc([N+](C)(C)CC)c(C)c(CC)c1CC.CCc1cc([N+](C)(C)CC)c(C)c(CC)c1CC.CCc1cc([N+](C)(C)CC)c(C)c(CC)c1CC.[O-]B([O-])[O-]. The van der Waals surface area contributed by atoms with E-state index in [1.807, 2.05) is 0 Å². The van der Waals surface area contributed by atoms with Gasteiger partial charge in [0.15, 0.2) is 0 Å². The maximum absolute atomic E-state index is 8.42. The van der Waals surface area contributed by atoms with Crippen molar-refractivity contribution in [2.75, 3.05) is 61.9 Å². The molecule has 6 nitrogen and oxygen atoms in total. The number of benzene rings is 3. The van der Waals surface area contributed by atoms with Crippen LogP contribution in [0, 0.1) is 20.8 Å². The van der Waals surface area contributed by atoms with Crippen LogP contribution in [0.3, 0.4) is 0 Å². The number of nitrogens with zero attached hydrogens (tertiary/aromatic N) is 3. The molecule has 3 aromatic carbocycles. The standard InChI is InChI=1S/3C17H30N.BO3/c3*1-8-14-12-17(18(6,7)11-4)13(5)15(9-2)16(14)10-3;2-1(3)4/h3*12H,8-11H2,1-7H3;/q3*+1;-3. The van der Waals surface area contributed by atoms with E-state index in [1.54, 1.807) is 50.1 Å². The summed E-state index contributed by atoms with van der Waals surface area (Å²) in [6.45, 7) is 37.7. The molecule has 0 amide bonds. The minimum absolute atomic E-state index is 0.982. The maximum Gasteiger partial charge on any atom is 0.135 e. The third-order valence-corrected chi connectivity index (χ3v) is 13.3. The summed E-state index contributed by atoms with van der Waals surface area (Å²) in [7, 11) is 11.0. The highest BCUT2D eigenvalue weighted by Crippen LogP contribution is 2.35. The van der Waals surface area contributed by atoms with Crippen molar-refractivity contribution in [3.63, 3.8) is 0 Å². The molecule has 0 radical (unpaired) electrons. The molecule has 7 heteroatoms. The van der Waals surface area contributed by atoms with Gasteiger partial charge in [-0.1, -0.05) is 62.3 Å². The number of hydrogen-bond donors (Lipinski definition) is 0. The van der Waals surface area contributed by atoms with Crippen LogP contribution >= 0.6 is 0 Å². The molecule has 0 aliphatic heterocycles. The number of quaternary nitrogens is 3. The first-order valence-corrected chi connectivity index (χ1v) is 22.9. The zero-order chi connectivity index (χ0) is 45.3. The van der Waals surface area contributed by atoms with E-state index in [-0.39, 0.29) is 0 Å². The Kier molecular flexibility index (Phi) is 24.2. The highest BCUT2D eigenvalue weighted by atomic mass is 16.5. The predicted molar refractivity (Wildman–Crippen MR) is 256 cm³/mol. The molecule has 0 saturated carbocycles. The van der Waals surface area contributed by atoms with E-state index in [9.17, 15) is 0 Å². The molecule has 0 spiro atoms. The zero-order valence-corrected chi connectivity index (χ0v) is 41.9. The summed E-state index contributed by atoms with van der Waals surface area (Å²) >= 11 is 0. The van der Waals surface area contributed by atoms with Crippen LogP contribution in [0.5, 0.6) is 0 Å². The van der Waals surface area contributed by atoms with Gasteiger partial charge >= 0.3 is 0 Å². The molecular weight excluding hydrogens is 713 g/mol. The van der Waals surface area contributed by atoms with Crippen LogP contribution in [-0.4, -0.2) is 69.2 Å². The Labute approximate surface area is 360 Å². The van der Waals surface area contributed by atoms with Gasteiger partial charge in [-0.3, -0.25) is 20.8 Å². The highest BCUT2D eigenvalue weighted by Gasteiger charge is 2.26. The van der Waals surface area contributed by atoms with Gasteiger partial charge in [0.1, 0.15) is 17.1 Å². The van der Waals surface area contributed by atoms with Crippen LogP contribution in [0.15, 0.2) is 18.2 Å². The zero-order valence-electron chi connectivity index (χ0n) is 41.9. The lowest BCUT2D eigenvalue weighted by atomic mass is 9.90. The molecule has 0 N–H and O–H groups in total. The number of rotatable bonds is 15. The van der Waals surface area contributed by atoms with E-state index in [4.69, 9.17) is 15.1 Å². The van der Waals surface area contributed by atoms with Gasteiger partial charge in [-0.05, 0) is 149 Å². The van der Waals surface area contributed by atoms with Crippen LogP contribution < -0.4 is 28.5 Å². The van der Waals surface area contributed by atoms with Gasteiger partial charge in [0.25, 0.3) is 0 Å². The molecule has 330 valence electrons. The molecule has 0 atom stereocenters. The number of aryl methyl sites for hydroxylation is 3. The fourth-order valence-corrected chi connectivity index (χ4v) is 8.91. The molecule has 0 aromatic heterocycles. The quantitative estimate of drug-likeness (QED) is 0.114. The van der Waals surface area contributed by atoms with Crippen molar-refractivity contribution in [1.29, 1.82) is 0 Å². The monoisotopic (exact) mass is 804 g/mol. The van der Waals surface area contributed by atoms with Gasteiger partial charge in [0.2, 0.25) is 0 Å². The molecule has 0 fully saturated rings. The summed E-state index contributed by atoms with van der Waals surface area (Å²) in [5.74, 6) is 0. The van der Waals surface area contributed by atoms with Crippen LogP contribution in [0.1, 0.15) is 150 Å². The average Bonchev–Trinajstić information content (AvgIpc) is 3.19. The average molecular weight is 804 g/mol. The van der Waals surface area contributed by atoms with Crippen molar-refractivity contribution in [3.05, 3.63) is 85.0 Å². The summed E-state index contributed by atoms with van der Waals surface area (Å²) in [5, 5.41) is 25.2. The predicted octanol–water partition coefficient (Wildman–Crippen LogP) is 8.86. The summed E-state index contributed by atoms with van der Waals surface area (Å²) < 4.78 is 2.95. The second kappa shape index (κ2) is 25.3. The van der Waals surface area contributed by atoms with E-state index in [0.29, 0.717) is 0 Å². The smallest absolute Gasteiger partial charge is 0.135 e. The van der Waals surface area contributed by atoms with E-state index in [1.165, 1.54) is 33.8 Å². The first-order chi connectivity index (χ1) is 27.0. The molecule has 0 bridgehead atoms. The van der Waals surface area contributed by atoms with E-state index < -0.39 is 7.32 Å². The fourth-order valence-electron chi connectivity index (χ4n) is 8.91. The third kappa shape index (κ3) is 14.0. The molecule has 0 saturated heterocycles. The largest absolute Gasteiger partial charge is 0.907 e. The van der Waals surface area contributed by atoms with E-state index in [2.05, 4.69) is 164 Å². The topological polar surface area (TPSA) is 69.2 Å². The van der Waals surface area contributed by atoms with Crippen LogP contribution in [0.25, 0.3) is 0 Å². The second-order valence-electron chi connectivity index (χ2n) is 17.4. The molecule has 0 unspecified atom stereocenters. The van der Waals surface area contributed by atoms with Crippen LogP contribution in [-0.2, 0) is 57.8 Å². The summed E-state index contributed by atoms with van der Waals surface area (Å²) in [5.41, 5.74) is 23.3. The van der Waals surface area contributed by atoms with Crippen LogP contribution in [0.2, 0.25) is 0 Å². The van der Waals surface area contributed by atoms with Gasteiger partial charge < -0.3 is 15.1 Å². The maximum atomic E-state index is 8.42. The van der Waals surface area contributed by atoms with Gasteiger partial charge in [-0.25, -0.2) is 0 Å². The van der Waals surface area contributed by atoms with Crippen molar-refractivity contribution >= 4 is 24.4 Å². The van der Waals surface area contributed by atoms with Crippen molar-refractivity contribution in [2.45, 2.75) is 162 Å². The molecule has 0 aliphatic rings. The molecule has 3 aromatic rings. The summed E-state index contributed by atoms with van der Waals surface area (Å²) in [6, 6.07) is 7.37. The second-order valence-corrected chi connectivity index (χ2v) is 17.4. The normalized spacial score (nSPS) is 11.6. The molecule has 0 heterocycles. The van der Waals surface area contributed by atoms with Crippen molar-refractivity contribution < 1.29 is 15.1 Å². The van der Waals surface area contributed by atoms with Crippen molar-refractivity contribution in [2.24, 2.45) is 0 Å². The van der Waals surface area contributed by atoms with Crippen LogP contribution in [0.4, 0.5) is 17.1 Å². The summed E-state index contributed by atoms with van der Waals surface area (Å²) in [6.07, 6.45) is 10.4. The van der Waals surface area contributed by atoms with Crippen molar-refractivity contribution in [1.82, 2.24) is 13.4 Å². The highest BCUT2D eigenvalue weighted by molar-refractivity contribution is 6.24. The Morgan fingerprint density at radius 3 is 0.638 bits per heavy atom. The van der Waals surface area contributed by atoms with Gasteiger partial charge in [-0.2, -0.15) is 0 Å². The van der Waals surface area contributed by atoms with Gasteiger partial charge in [-0.15, -0.1) is 0 Å².